The molecule has 0 aliphatic rings. The highest BCUT2D eigenvalue weighted by Gasteiger charge is 1.96. The van der Waals surface area contributed by atoms with Crippen LogP contribution in [0.5, 0.6) is 0 Å². The fraction of sp³-hybridized carbons (Fsp3) is 0.0588. The first-order valence-corrected chi connectivity index (χ1v) is 7.33. The summed E-state index contributed by atoms with van der Waals surface area (Å²) < 4.78 is 0. The molecule has 0 unspecified atom stereocenters. The number of halogens is 2. The van der Waals surface area contributed by atoms with Gasteiger partial charge in [0.15, 0.2) is 0 Å². The summed E-state index contributed by atoms with van der Waals surface area (Å²) in [5.74, 6) is -0.0981. The highest BCUT2D eigenvalue weighted by molar-refractivity contribution is 6.35. The van der Waals surface area contributed by atoms with Crippen LogP contribution in [0.4, 0.5) is 11.4 Å². The maximum Gasteiger partial charge on any atom is 0.221 e. The molecule has 0 heterocycles. The molecule has 0 radical (unpaired) electrons. The van der Waals surface area contributed by atoms with E-state index in [9.17, 15) is 4.79 Å². The molecule has 0 aromatic heterocycles. The van der Waals surface area contributed by atoms with Crippen LogP contribution >= 0.6 is 23.2 Å². The summed E-state index contributed by atoms with van der Waals surface area (Å²) in [7, 11) is 0. The van der Waals surface area contributed by atoms with Crippen LogP contribution in [0.15, 0.2) is 53.5 Å². The SMILES string of the molecule is CC(=O)Nc1ccc(N=CC=Cc2ccc(Cl)cc2Cl)cc1. The Morgan fingerprint density at radius 3 is 2.50 bits per heavy atom. The number of carbonyl (C=O) groups excluding carboxylic acids is 1. The molecule has 1 N–H and O–H groups in total. The lowest BCUT2D eigenvalue weighted by molar-refractivity contribution is -0.114. The lowest BCUT2D eigenvalue weighted by Gasteiger charge is -2.01. The van der Waals surface area contributed by atoms with Gasteiger partial charge in [-0.25, -0.2) is 0 Å². The molecule has 0 atom stereocenters. The summed E-state index contributed by atoms with van der Waals surface area (Å²) >= 11 is 11.9. The number of allylic oxidation sites excluding steroid dienone is 1. The average molecular weight is 333 g/mol. The Hall–Kier alpha value is -2.10. The largest absolute Gasteiger partial charge is 0.326 e. The molecule has 0 spiro atoms. The molecule has 2 aromatic carbocycles. The molecular weight excluding hydrogens is 319 g/mol. The second-order valence-corrected chi connectivity index (χ2v) is 5.37. The van der Waals surface area contributed by atoms with Crippen molar-refractivity contribution in [2.45, 2.75) is 6.92 Å². The molecule has 3 nitrogen and oxygen atoms in total. The van der Waals surface area contributed by atoms with Crippen molar-refractivity contribution in [2.75, 3.05) is 5.32 Å². The Labute approximate surface area is 139 Å². The summed E-state index contributed by atoms with van der Waals surface area (Å²) in [4.78, 5) is 15.2. The van der Waals surface area contributed by atoms with Crippen LogP contribution in [-0.2, 0) is 4.79 Å². The minimum absolute atomic E-state index is 0.0981. The maximum absolute atomic E-state index is 10.9. The van der Waals surface area contributed by atoms with Gasteiger partial charge in [-0.3, -0.25) is 9.79 Å². The Bertz CT molecular complexity index is 722. The molecule has 0 aliphatic heterocycles. The third-order valence-electron chi connectivity index (χ3n) is 2.74. The van der Waals surface area contributed by atoms with Crippen molar-refractivity contribution >= 4 is 52.8 Å². The highest BCUT2D eigenvalue weighted by atomic mass is 35.5. The number of nitrogens with zero attached hydrogens (tertiary/aromatic N) is 1. The lowest BCUT2D eigenvalue weighted by atomic mass is 10.2. The molecule has 2 rings (SSSR count). The minimum Gasteiger partial charge on any atom is -0.326 e. The third-order valence-corrected chi connectivity index (χ3v) is 3.30. The van der Waals surface area contributed by atoms with Crippen molar-refractivity contribution in [1.29, 1.82) is 0 Å². The molecule has 0 aliphatic carbocycles. The second kappa shape index (κ2) is 7.78. The molecule has 22 heavy (non-hydrogen) atoms. The third kappa shape index (κ3) is 5.02. The van der Waals surface area contributed by atoms with E-state index in [1.54, 1.807) is 36.6 Å². The van der Waals surface area contributed by atoms with E-state index in [-0.39, 0.29) is 5.91 Å². The van der Waals surface area contributed by atoms with Crippen LogP contribution in [0.2, 0.25) is 10.0 Å². The quantitative estimate of drug-likeness (QED) is 0.751. The van der Waals surface area contributed by atoms with E-state index in [0.717, 1.165) is 16.9 Å². The van der Waals surface area contributed by atoms with Gasteiger partial charge in [-0.15, -0.1) is 0 Å². The van der Waals surface area contributed by atoms with E-state index in [4.69, 9.17) is 23.2 Å². The van der Waals surface area contributed by atoms with E-state index < -0.39 is 0 Å². The van der Waals surface area contributed by atoms with Crippen molar-refractivity contribution < 1.29 is 4.79 Å². The van der Waals surface area contributed by atoms with Crippen molar-refractivity contribution in [1.82, 2.24) is 0 Å². The number of carbonyl (C=O) groups is 1. The van der Waals surface area contributed by atoms with E-state index in [2.05, 4.69) is 10.3 Å². The first-order valence-electron chi connectivity index (χ1n) is 6.58. The molecular formula is C17H14Cl2N2O. The van der Waals surface area contributed by atoms with Gasteiger partial charge in [0, 0.05) is 28.9 Å². The summed E-state index contributed by atoms with van der Waals surface area (Å²) in [6.45, 7) is 1.47. The summed E-state index contributed by atoms with van der Waals surface area (Å²) in [6, 6.07) is 12.6. The van der Waals surface area contributed by atoms with Crippen LogP contribution in [-0.4, -0.2) is 12.1 Å². The number of benzene rings is 2. The van der Waals surface area contributed by atoms with Gasteiger partial charge in [-0.2, -0.15) is 0 Å². The zero-order valence-electron chi connectivity index (χ0n) is 11.9. The highest BCUT2D eigenvalue weighted by Crippen LogP contribution is 2.22. The first kappa shape index (κ1) is 16.3. The van der Waals surface area contributed by atoms with E-state index in [0.29, 0.717) is 10.0 Å². The second-order valence-electron chi connectivity index (χ2n) is 4.53. The van der Waals surface area contributed by atoms with Crippen LogP contribution in [0.3, 0.4) is 0 Å². The number of aliphatic imine (C=N–C) groups is 1. The van der Waals surface area contributed by atoms with Crippen LogP contribution < -0.4 is 5.32 Å². The van der Waals surface area contributed by atoms with Crippen LogP contribution in [0, 0.1) is 0 Å². The fourth-order valence-corrected chi connectivity index (χ4v) is 2.22. The van der Waals surface area contributed by atoms with Crippen molar-refractivity contribution in [3.8, 4) is 0 Å². The van der Waals surface area contributed by atoms with E-state index in [1.807, 2.05) is 24.3 Å². The van der Waals surface area contributed by atoms with Crippen molar-refractivity contribution in [2.24, 2.45) is 4.99 Å². The van der Waals surface area contributed by atoms with E-state index >= 15 is 0 Å². The van der Waals surface area contributed by atoms with Gasteiger partial charge in [0.05, 0.1) is 5.69 Å². The molecule has 2 aromatic rings. The monoisotopic (exact) mass is 332 g/mol. The zero-order chi connectivity index (χ0) is 15.9. The number of anilines is 1. The Balaban J connectivity index is 1.99. The molecule has 0 saturated carbocycles. The van der Waals surface area contributed by atoms with Crippen molar-refractivity contribution in [3.05, 3.63) is 64.1 Å². The van der Waals surface area contributed by atoms with Gasteiger partial charge >= 0.3 is 0 Å². The topological polar surface area (TPSA) is 41.5 Å². The van der Waals surface area contributed by atoms with Gasteiger partial charge in [0.1, 0.15) is 0 Å². The Morgan fingerprint density at radius 1 is 1.14 bits per heavy atom. The van der Waals surface area contributed by atoms with Crippen LogP contribution in [0.1, 0.15) is 12.5 Å². The van der Waals surface area contributed by atoms with Gasteiger partial charge < -0.3 is 5.32 Å². The number of nitrogens with one attached hydrogen (secondary N) is 1. The number of hydrogen-bond acceptors (Lipinski definition) is 2. The smallest absolute Gasteiger partial charge is 0.221 e. The fourth-order valence-electron chi connectivity index (χ4n) is 1.75. The predicted molar refractivity (Wildman–Crippen MR) is 94.4 cm³/mol. The van der Waals surface area contributed by atoms with Crippen molar-refractivity contribution in [3.63, 3.8) is 0 Å². The number of rotatable bonds is 4. The molecule has 1 amide bonds. The van der Waals surface area contributed by atoms with Crippen LogP contribution in [0.25, 0.3) is 6.08 Å². The average Bonchev–Trinajstić information content (AvgIpc) is 2.46. The lowest BCUT2D eigenvalue weighted by Crippen LogP contribution is -2.04. The molecule has 0 fully saturated rings. The maximum atomic E-state index is 10.9. The Morgan fingerprint density at radius 2 is 1.86 bits per heavy atom. The minimum atomic E-state index is -0.0981. The van der Waals surface area contributed by atoms with E-state index in [1.165, 1.54) is 6.92 Å². The summed E-state index contributed by atoms with van der Waals surface area (Å²) in [5, 5.41) is 3.90. The molecule has 5 heteroatoms. The molecule has 0 bridgehead atoms. The molecule has 0 saturated heterocycles. The summed E-state index contributed by atoms with van der Waals surface area (Å²) in [6.07, 6.45) is 5.34. The first-order chi connectivity index (χ1) is 10.5. The molecule has 112 valence electrons. The normalized spacial score (nSPS) is 11.2. The number of amides is 1. The number of hydrogen-bond donors (Lipinski definition) is 1. The van der Waals surface area contributed by atoms with Gasteiger partial charge in [0.2, 0.25) is 5.91 Å². The van der Waals surface area contributed by atoms with Gasteiger partial charge in [0.25, 0.3) is 0 Å². The van der Waals surface area contributed by atoms with Gasteiger partial charge in [-0.1, -0.05) is 35.3 Å². The standard InChI is InChI=1S/C17H14Cl2N2O/c1-12(22)21-16-8-6-15(7-9-16)20-10-2-3-13-4-5-14(18)11-17(13)19/h2-11H,1H3,(H,21,22). The summed E-state index contributed by atoms with van der Waals surface area (Å²) in [5.41, 5.74) is 2.41. The zero-order valence-corrected chi connectivity index (χ0v) is 13.4. The van der Waals surface area contributed by atoms with Gasteiger partial charge in [-0.05, 0) is 48.0 Å². The predicted octanol–water partition coefficient (Wildman–Crippen LogP) is 5.37. The Kier molecular flexibility index (Phi) is 5.75.